The van der Waals surface area contributed by atoms with Crippen LogP contribution >= 0.6 is 0 Å². The zero-order valence-electron chi connectivity index (χ0n) is 10.6. The van der Waals surface area contributed by atoms with Crippen LogP contribution in [0.2, 0.25) is 0 Å². The number of unbranched alkanes of at least 4 members (excludes halogenated alkanes) is 1. The maximum Gasteiger partial charge on any atom is 0.0534 e. The molecule has 0 saturated heterocycles. The first-order valence-electron chi connectivity index (χ1n) is 5.98. The number of aryl methyl sites for hydroxylation is 1. The molecule has 1 aromatic heterocycles. The molecule has 4 heteroatoms. The zero-order valence-corrected chi connectivity index (χ0v) is 10.6. The summed E-state index contributed by atoms with van der Waals surface area (Å²) in [6.45, 7) is 6.95. The van der Waals surface area contributed by atoms with Gasteiger partial charge in [0.25, 0.3) is 0 Å². The van der Waals surface area contributed by atoms with Gasteiger partial charge >= 0.3 is 0 Å². The van der Waals surface area contributed by atoms with Crippen LogP contribution < -0.4 is 5.32 Å². The minimum atomic E-state index is 0.350. The SMILES string of the molecule is CC(C)OCCCCNCc1cnn(C)c1. The van der Waals surface area contributed by atoms with Gasteiger partial charge in [-0.2, -0.15) is 5.10 Å². The van der Waals surface area contributed by atoms with Crippen LogP contribution in [-0.4, -0.2) is 29.0 Å². The minimum Gasteiger partial charge on any atom is -0.379 e. The Morgan fingerprint density at radius 1 is 1.44 bits per heavy atom. The molecule has 0 amide bonds. The van der Waals surface area contributed by atoms with Crippen LogP contribution in [0.15, 0.2) is 12.4 Å². The van der Waals surface area contributed by atoms with E-state index in [-0.39, 0.29) is 0 Å². The zero-order chi connectivity index (χ0) is 11.8. The van der Waals surface area contributed by atoms with Gasteiger partial charge < -0.3 is 10.1 Å². The molecule has 0 fully saturated rings. The summed E-state index contributed by atoms with van der Waals surface area (Å²) in [5, 5.41) is 7.52. The third-order valence-electron chi connectivity index (χ3n) is 2.29. The number of nitrogens with one attached hydrogen (secondary N) is 1. The lowest BCUT2D eigenvalue weighted by atomic mass is 10.3. The molecule has 92 valence electrons. The van der Waals surface area contributed by atoms with Crippen molar-refractivity contribution < 1.29 is 4.74 Å². The molecule has 0 aliphatic carbocycles. The van der Waals surface area contributed by atoms with Crippen molar-refractivity contribution in [2.24, 2.45) is 7.05 Å². The number of ether oxygens (including phenoxy) is 1. The molecule has 0 bridgehead atoms. The van der Waals surface area contributed by atoms with Gasteiger partial charge in [0.1, 0.15) is 0 Å². The van der Waals surface area contributed by atoms with E-state index in [1.165, 1.54) is 5.56 Å². The quantitative estimate of drug-likeness (QED) is 0.685. The van der Waals surface area contributed by atoms with Crippen molar-refractivity contribution in [2.45, 2.75) is 39.3 Å². The molecule has 1 rings (SSSR count). The molecule has 0 unspecified atom stereocenters. The number of hydrogen-bond acceptors (Lipinski definition) is 3. The van der Waals surface area contributed by atoms with Gasteiger partial charge in [-0.25, -0.2) is 0 Å². The smallest absolute Gasteiger partial charge is 0.0534 e. The van der Waals surface area contributed by atoms with Crippen LogP contribution in [0, 0.1) is 0 Å². The van der Waals surface area contributed by atoms with E-state index in [0.717, 1.165) is 32.5 Å². The molecule has 0 radical (unpaired) electrons. The first-order chi connectivity index (χ1) is 7.68. The van der Waals surface area contributed by atoms with Crippen LogP contribution in [0.4, 0.5) is 0 Å². The third kappa shape index (κ3) is 5.88. The Balaban J connectivity index is 1.92. The van der Waals surface area contributed by atoms with Gasteiger partial charge in [-0.15, -0.1) is 0 Å². The Hall–Kier alpha value is -0.870. The van der Waals surface area contributed by atoms with Crippen LogP contribution in [-0.2, 0) is 18.3 Å². The Kier molecular flexibility index (Phi) is 6.11. The average Bonchev–Trinajstić information content (AvgIpc) is 2.62. The molecule has 1 heterocycles. The van der Waals surface area contributed by atoms with E-state index in [1.54, 1.807) is 0 Å². The monoisotopic (exact) mass is 225 g/mol. The fourth-order valence-electron chi connectivity index (χ4n) is 1.47. The van der Waals surface area contributed by atoms with Crippen molar-refractivity contribution in [3.63, 3.8) is 0 Å². The van der Waals surface area contributed by atoms with Crippen LogP contribution in [0.25, 0.3) is 0 Å². The van der Waals surface area contributed by atoms with Crippen molar-refractivity contribution in [2.75, 3.05) is 13.2 Å². The van der Waals surface area contributed by atoms with E-state index in [4.69, 9.17) is 4.74 Å². The van der Waals surface area contributed by atoms with Crippen LogP contribution in [0.5, 0.6) is 0 Å². The summed E-state index contributed by atoms with van der Waals surface area (Å²) in [6, 6.07) is 0. The average molecular weight is 225 g/mol. The topological polar surface area (TPSA) is 39.1 Å². The van der Waals surface area contributed by atoms with Crippen LogP contribution in [0.1, 0.15) is 32.3 Å². The highest BCUT2D eigenvalue weighted by Crippen LogP contribution is 1.96. The maximum atomic E-state index is 5.47. The predicted molar refractivity (Wildman–Crippen MR) is 65.2 cm³/mol. The fraction of sp³-hybridized carbons (Fsp3) is 0.750. The van der Waals surface area contributed by atoms with E-state index < -0.39 is 0 Å². The molecular weight excluding hydrogens is 202 g/mol. The van der Waals surface area contributed by atoms with E-state index >= 15 is 0 Å². The summed E-state index contributed by atoms with van der Waals surface area (Å²) in [5.41, 5.74) is 1.24. The van der Waals surface area contributed by atoms with Gasteiger partial charge in [0.2, 0.25) is 0 Å². The molecule has 1 N–H and O–H groups in total. The predicted octanol–water partition coefficient (Wildman–Crippen LogP) is 1.71. The summed E-state index contributed by atoms with van der Waals surface area (Å²) in [7, 11) is 1.94. The molecule has 1 aromatic rings. The standard InChI is InChI=1S/C12H23N3O/c1-11(2)16-7-5-4-6-13-8-12-9-14-15(3)10-12/h9-11,13H,4-8H2,1-3H3. The van der Waals surface area contributed by atoms with Crippen molar-refractivity contribution in [3.05, 3.63) is 18.0 Å². The molecular formula is C12H23N3O. The van der Waals surface area contributed by atoms with Gasteiger partial charge in [-0.05, 0) is 33.2 Å². The van der Waals surface area contributed by atoms with Crippen molar-refractivity contribution in [1.29, 1.82) is 0 Å². The van der Waals surface area contributed by atoms with Crippen molar-refractivity contribution in [3.8, 4) is 0 Å². The molecule has 0 aliphatic heterocycles. The molecule has 16 heavy (non-hydrogen) atoms. The Bertz CT molecular complexity index is 284. The molecule has 0 saturated carbocycles. The summed E-state index contributed by atoms with van der Waals surface area (Å²) < 4.78 is 7.30. The Labute approximate surface area is 98.0 Å². The molecule has 0 spiro atoms. The van der Waals surface area contributed by atoms with Crippen LogP contribution in [0.3, 0.4) is 0 Å². The second-order valence-corrected chi connectivity index (χ2v) is 4.33. The van der Waals surface area contributed by atoms with E-state index in [1.807, 2.05) is 24.1 Å². The largest absolute Gasteiger partial charge is 0.379 e. The maximum absolute atomic E-state index is 5.47. The summed E-state index contributed by atoms with van der Waals surface area (Å²) in [5.74, 6) is 0. The summed E-state index contributed by atoms with van der Waals surface area (Å²) in [6.07, 6.45) is 6.57. The third-order valence-corrected chi connectivity index (χ3v) is 2.29. The highest BCUT2D eigenvalue weighted by atomic mass is 16.5. The van der Waals surface area contributed by atoms with Crippen molar-refractivity contribution >= 4 is 0 Å². The normalized spacial score (nSPS) is 11.2. The second-order valence-electron chi connectivity index (χ2n) is 4.33. The number of aromatic nitrogens is 2. The first kappa shape index (κ1) is 13.2. The number of rotatable bonds is 8. The van der Waals surface area contributed by atoms with Gasteiger partial charge in [-0.3, -0.25) is 4.68 Å². The summed E-state index contributed by atoms with van der Waals surface area (Å²) in [4.78, 5) is 0. The Morgan fingerprint density at radius 3 is 2.88 bits per heavy atom. The minimum absolute atomic E-state index is 0.350. The molecule has 0 aromatic carbocycles. The fourth-order valence-corrected chi connectivity index (χ4v) is 1.47. The second kappa shape index (κ2) is 7.41. The molecule has 4 nitrogen and oxygen atoms in total. The molecule has 0 aliphatic rings. The molecule has 0 atom stereocenters. The van der Waals surface area contributed by atoms with Gasteiger partial charge in [-0.1, -0.05) is 0 Å². The van der Waals surface area contributed by atoms with Gasteiger partial charge in [0.05, 0.1) is 12.3 Å². The number of nitrogens with zero attached hydrogens (tertiary/aromatic N) is 2. The summed E-state index contributed by atoms with van der Waals surface area (Å²) >= 11 is 0. The first-order valence-corrected chi connectivity index (χ1v) is 5.98. The van der Waals surface area contributed by atoms with Gasteiger partial charge in [0.15, 0.2) is 0 Å². The number of hydrogen-bond donors (Lipinski definition) is 1. The van der Waals surface area contributed by atoms with Gasteiger partial charge in [0, 0.05) is 32.0 Å². The highest BCUT2D eigenvalue weighted by molar-refractivity contribution is 5.02. The Morgan fingerprint density at radius 2 is 2.25 bits per heavy atom. The lowest BCUT2D eigenvalue weighted by Crippen LogP contribution is -2.15. The lowest BCUT2D eigenvalue weighted by molar-refractivity contribution is 0.0760. The van der Waals surface area contributed by atoms with E-state index in [0.29, 0.717) is 6.10 Å². The van der Waals surface area contributed by atoms with Crippen molar-refractivity contribution in [1.82, 2.24) is 15.1 Å². The lowest BCUT2D eigenvalue weighted by Gasteiger charge is -2.07. The van der Waals surface area contributed by atoms with E-state index in [2.05, 4.69) is 24.3 Å². The van der Waals surface area contributed by atoms with E-state index in [9.17, 15) is 0 Å². The highest BCUT2D eigenvalue weighted by Gasteiger charge is 1.96.